The normalized spacial score (nSPS) is 24.9. The van der Waals surface area contributed by atoms with Crippen molar-refractivity contribution in [2.75, 3.05) is 6.61 Å². The Balaban J connectivity index is 1.50. The molecule has 1 aromatic heterocycles. The van der Waals surface area contributed by atoms with Crippen LogP contribution in [0.25, 0.3) is 0 Å². The first-order chi connectivity index (χ1) is 11.5. The van der Waals surface area contributed by atoms with Crippen LogP contribution in [-0.2, 0) is 26.0 Å². The fraction of sp³-hybridized carbons (Fsp3) is 0.375. The van der Waals surface area contributed by atoms with Crippen molar-refractivity contribution in [3.05, 3.63) is 47.9 Å². The summed E-state index contributed by atoms with van der Waals surface area (Å²) >= 11 is 0. The number of rotatable bonds is 4. The van der Waals surface area contributed by atoms with Crippen LogP contribution in [0, 0.1) is 5.92 Å². The molecule has 0 unspecified atom stereocenters. The van der Waals surface area contributed by atoms with Gasteiger partial charge in [-0.05, 0) is 18.9 Å². The maximum absolute atomic E-state index is 12.5. The Kier molecular flexibility index (Phi) is 3.38. The predicted octanol–water partition coefficient (Wildman–Crippen LogP) is 1.36. The van der Waals surface area contributed by atoms with E-state index in [2.05, 4.69) is 14.4 Å². The highest BCUT2D eigenvalue weighted by Crippen LogP contribution is 2.60. The Hall–Kier alpha value is -2.35. The number of hydrogen-bond donors (Lipinski definition) is 1. The van der Waals surface area contributed by atoms with Crippen LogP contribution >= 0.6 is 0 Å². The number of fused-ring (bicyclic) bond motifs is 2. The first-order valence-corrected chi connectivity index (χ1v) is 9.31. The van der Waals surface area contributed by atoms with Gasteiger partial charge in [0.25, 0.3) is 0 Å². The van der Waals surface area contributed by atoms with Gasteiger partial charge in [-0.1, -0.05) is 23.4 Å². The number of hydrogen-bond acceptors (Lipinski definition) is 6. The van der Waals surface area contributed by atoms with Crippen molar-refractivity contribution < 1.29 is 22.5 Å². The molecule has 1 saturated carbocycles. The van der Waals surface area contributed by atoms with Gasteiger partial charge in [-0.15, -0.1) is 0 Å². The smallest absolute Gasteiger partial charge is 0.240 e. The predicted molar refractivity (Wildman–Crippen MR) is 83.6 cm³/mol. The van der Waals surface area contributed by atoms with E-state index in [1.807, 2.05) is 24.3 Å². The Labute approximate surface area is 139 Å². The van der Waals surface area contributed by atoms with Crippen molar-refractivity contribution in [2.24, 2.45) is 5.92 Å². The number of amides is 1. The lowest BCUT2D eigenvalue weighted by atomic mass is 9.87. The second-order valence-electron chi connectivity index (χ2n) is 6.22. The van der Waals surface area contributed by atoms with E-state index < -0.39 is 15.9 Å². The molecule has 1 amide bonds. The zero-order valence-corrected chi connectivity index (χ0v) is 13.6. The molecule has 2 heterocycles. The second-order valence-corrected chi connectivity index (χ2v) is 7.95. The van der Waals surface area contributed by atoms with E-state index in [1.165, 1.54) is 12.3 Å². The number of para-hydroxylation sites is 1. The number of benzene rings is 1. The fourth-order valence-electron chi connectivity index (χ4n) is 3.47. The fourth-order valence-corrected chi connectivity index (χ4v) is 4.53. The second kappa shape index (κ2) is 5.34. The molecular weight excluding hydrogens is 332 g/mol. The van der Waals surface area contributed by atoms with Crippen LogP contribution in [0.3, 0.4) is 0 Å². The minimum absolute atomic E-state index is 0.261. The number of carbonyl (C=O) groups excluding carboxylic acids is 1. The number of ether oxygens (including phenoxy) is 1. The minimum atomic E-state index is -3.79. The number of nitrogens with zero attached hydrogens (tertiary/aromatic N) is 1. The number of carbonyl (C=O) groups is 1. The van der Waals surface area contributed by atoms with Gasteiger partial charge in [0.05, 0.1) is 6.61 Å². The van der Waals surface area contributed by atoms with Gasteiger partial charge < -0.3 is 9.26 Å². The Morgan fingerprint density at radius 1 is 1.33 bits per heavy atom. The summed E-state index contributed by atoms with van der Waals surface area (Å²) in [6.07, 6.45) is 2.64. The zero-order chi connectivity index (χ0) is 16.8. The molecule has 4 rings (SSSR count). The Bertz CT molecular complexity index is 878. The molecular formula is C16H16N2O5S. The SMILES string of the molecule is O=C(NS(=O)(=O)Cc1ccon1)[C@@H]1C[C@]12CCOc1ccccc12. The summed E-state index contributed by atoms with van der Waals surface area (Å²) in [4.78, 5) is 12.5. The van der Waals surface area contributed by atoms with Crippen molar-refractivity contribution in [1.29, 1.82) is 0 Å². The van der Waals surface area contributed by atoms with E-state index in [4.69, 9.17) is 4.74 Å². The molecule has 24 heavy (non-hydrogen) atoms. The van der Waals surface area contributed by atoms with E-state index in [9.17, 15) is 13.2 Å². The van der Waals surface area contributed by atoms with Gasteiger partial charge in [0.15, 0.2) is 0 Å². The van der Waals surface area contributed by atoms with Crippen molar-refractivity contribution in [2.45, 2.75) is 24.0 Å². The number of nitrogens with one attached hydrogen (secondary N) is 1. The third-order valence-electron chi connectivity index (χ3n) is 4.71. The monoisotopic (exact) mass is 348 g/mol. The van der Waals surface area contributed by atoms with Gasteiger partial charge in [-0.2, -0.15) is 0 Å². The molecule has 1 spiro atoms. The average Bonchev–Trinajstić information content (AvgIpc) is 3.03. The first-order valence-electron chi connectivity index (χ1n) is 7.66. The van der Waals surface area contributed by atoms with Crippen LogP contribution in [0.4, 0.5) is 0 Å². The molecule has 0 radical (unpaired) electrons. The summed E-state index contributed by atoms with van der Waals surface area (Å²) in [5, 5.41) is 3.56. The van der Waals surface area contributed by atoms with Crippen molar-refractivity contribution >= 4 is 15.9 Å². The molecule has 1 N–H and O–H groups in total. The van der Waals surface area contributed by atoms with Crippen LogP contribution in [-0.4, -0.2) is 26.1 Å². The third kappa shape index (κ3) is 2.56. The van der Waals surface area contributed by atoms with E-state index in [1.54, 1.807) is 0 Å². The van der Waals surface area contributed by atoms with Gasteiger partial charge in [-0.25, -0.2) is 8.42 Å². The van der Waals surface area contributed by atoms with Gasteiger partial charge in [0.2, 0.25) is 15.9 Å². The van der Waals surface area contributed by atoms with Crippen LogP contribution in [0.5, 0.6) is 5.75 Å². The zero-order valence-electron chi connectivity index (χ0n) is 12.8. The van der Waals surface area contributed by atoms with Crippen LogP contribution in [0.2, 0.25) is 0 Å². The third-order valence-corrected chi connectivity index (χ3v) is 5.89. The summed E-state index contributed by atoms with van der Waals surface area (Å²) in [6, 6.07) is 9.08. The molecule has 0 saturated heterocycles. The summed E-state index contributed by atoms with van der Waals surface area (Å²) in [6.45, 7) is 0.534. The van der Waals surface area contributed by atoms with Crippen LogP contribution in [0.1, 0.15) is 24.1 Å². The molecule has 2 aliphatic rings. The number of aromatic nitrogens is 1. The van der Waals surface area contributed by atoms with Crippen molar-refractivity contribution in [3.8, 4) is 5.75 Å². The highest BCUT2D eigenvalue weighted by atomic mass is 32.2. The summed E-state index contributed by atoms with van der Waals surface area (Å²) < 4.78 is 36.7. The molecule has 8 heteroatoms. The minimum Gasteiger partial charge on any atom is -0.493 e. The quantitative estimate of drug-likeness (QED) is 0.896. The summed E-state index contributed by atoms with van der Waals surface area (Å²) in [7, 11) is -3.79. The van der Waals surface area contributed by atoms with Crippen LogP contribution < -0.4 is 9.46 Å². The molecule has 1 aliphatic heterocycles. The average molecular weight is 348 g/mol. The largest absolute Gasteiger partial charge is 0.493 e. The molecule has 1 aliphatic carbocycles. The lowest BCUT2D eigenvalue weighted by Crippen LogP contribution is -2.35. The first kappa shape index (κ1) is 15.2. The van der Waals surface area contributed by atoms with Gasteiger partial charge in [-0.3, -0.25) is 9.52 Å². The van der Waals surface area contributed by atoms with Gasteiger partial charge >= 0.3 is 0 Å². The van der Waals surface area contributed by atoms with E-state index in [-0.39, 0.29) is 22.8 Å². The summed E-state index contributed by atoms with van der Waals surface area (Å²) in [5.41, 5.74) is 0.949. The Morgan fingerprint density at radius 2 is 2.17 bits per heavy atom. The molecule has 2 atom stereocenters. The maximum Gasteiger partial charge on any atom is 0.240 e. The summed E-state index contributed by atoms with van der Waals surface area (Å²) in [5.74, 6) is -0.413. The molecule has 1 aromatic carbocycles. The highest BCUT2D eigenvalue weighted by Gasteiger charge is 2.61. The van der Waals surface area contributed by atoms with E-state index in [0.717, 1.165) is 11.3 Å². The molecule has 0 bridgehead atoms. The standard InChI is InChI=1S/C16H16N2O5S/c19-15(18-24(20,21)10-11-5-7-23-17-11)13-9-16(13)6-8-22-14-4-2-1-3-12(14)16/h1-5,7,13H,6,8-10H2,(H,18,19)/t13-,16-/m0/s1. The number of sulfonamides is 1. The maximum atomic E-state index is 12.5. The lowest BCUT2D eigenvalue weighted by Gasteiger charge is -2.26. The highest BCUT2D eigenvalue weighted by molar-refractivity contribution is 7.89. The lowest BCUT2D eigenvalue weighted by molar-refractivity contribution is -0.121. The Morgan fingerprint density at radius 3 is 2.96 bits per heavy atom. The van der Waals surface area contributed by atoms with E-state index in [0.29, 0.717) is 19.4 Å². The van der Waals surface area contributed by atoms with Gasteiger partial charge in [0, 0.05) is 23.0 Å². The van der Waals surface area contributed by atoms with Gasteiger partial charge in [0.1, 0.15) is 23.5 Å². The molecule has 7 nitrogen and oxygen atoms in total. The van der Waals surface area contributed by atoms with Crippen LogP contribution in [0.15, 0.2) is 41.1 Å². The molecule has 126 valence electrons. The van der Waals surface area contributed by atoms with E-state index >= 15 is 0 Å². The van der Waals surface area contributed by atoms with Crippen molar-refractivity contribution in [3.63, 3.8) is 0 Å². The molecule has 2 aromatic rings. The molecule has 1 fully saturated rings. The topological polar surface area (TPSA) is 98.5 Å². The van der Waals surface area contributed by atoms with Crippen molar-refractivity contribution in [1.82, 2.24) is 9.88 Å².